The zero-order valence-corrected chi connectivity index (χ0v) is 16.9. The van der Waals surface area contributed by atoms with Crippen LogP contribution in [0.1, 0.15) is 18.9 Å². The van der Waals surface area contributed by atoms with Crippen LogP contribution in [0.25, 0.3) is 0 Å². The monoisotopic (exact) mass is 445 g/mol. The molecule has 0 radical (unpaired) electrons. The lowest BCUT2D eigenvalue weighted by Gasteiger charge is -2.32. The number of fused-ring (bicyclic) bond motifs is 1. The van der Waals surface area contributed by atoms with Crippen molar-refractivity contribution in [2.75, 3.05) is 6.61 Å². The van der Waals surface area contributed by atoms with Gasteiger partial charge in [-0.3, -0.25) is 14.2 Å². The lowest BCUT2D eigenvalue weighted by Crippen LogP contribution is -2.45. The molecule has 23 heavy (non-hydrogen) atoms. The molecule has 0 aliphatic carbocycles. The van der Waals surface area contributed by atoms with Crippen molar-refractivity contribution in [2.24, 2.45) is 0 Å². The molecule has 0 fully saturated rings. The summed E-state index contributed by atoms with van der Waals surface area (Å²) in [5.74, 6) is 2.70. The van der Waals surface area contributed by atoms with Crippen molar-refractivity contribution in [1.82, 2.24) is 4.57 Å². The molecule has 124 valence electrons. The van der Waals surface area contributed by atoms with Gasteiger partial charge in [-0.15, -0.1) is 5.54 Å². The molecule has 0 amide bonds. The van der Waals surface area contributed by atoms with E-state index in [-0.39, 0.29) is 36.4 Å². The molecular weight excluding hydrogens is 425 g/mol. The molecule has 0 aromatic carbocycles. The maximum absolute atomic E-state index is 12.7. The van der Waals surface area contributed by atoms with Crippen molar-refractivity contribution >= 4 is 36.4 Å². The Morgan fingerprint density at radius 1 is 1.43 bits per heavy atom. The third kappa shape index (κ3) is 3.54. The fourth-order valence-corrected chi connectivity index (χ4v) is 3.68. The van der Waals surface area contributed by atoms with E-state index in [1.165, 1.54) is 4.57 Å². The van der Waals surface area contributed by atoms with Crippen LogP contribution in [0.5, 0.6) is 5.75 Å². The first kappa shape index (κ1) is 18.2. The van der Waals surface area contributed by atoms with Gasteiger partial charge in [-0.25, -0.2) is 0 Å². The molecule has 0 bridgehead atoms. The number of aliphatic hydroxyl groups is 1. The van der Waals surface area contributed by atoms with Gasteiger partial charge < -0.3 is 9.84 Å². The maximum atomic E-state index is 12.7. The van der Waals surface area contributed by atoms with E-state index < -0.39 is 19.5 Å². The number of ether oxygens (including phenoxy) is 1. The molecule has 7 heteroatoms. The number of rotatable bonds is 2. The Labute approximate surface area is 150 Å². The van der Waals surface area contributed by atoms with E-state index in [1.54, 1.807) is 13.0 Å². The molecule has 1 N–H and O–H groups in total. The van der Waals surface area contributed by atoms with E-state index in [0.717, 1.165) is 0 Å². The van der Waals surface area contributed by atoms with Gasteiger partial charge in [0.2, 0.25) is 5.78 Å². The number of ketones is 1. The van der Waals surface area contributed by atoms with Gasteiger partial charge in [0.25, 0.3) is 5.56 Å². The largest absolute Gasteiger partial charge is 0.480 e. The van der Waals surface area contributed by atoms with Crippen LogP contribution in [-0.2, 0) is 16.9 Å². The van der Waals surface area contributed by atoms with Gasteiger partial charge >= 0.3 is 0 Å². The van der Waals surface area contributed by atoms with Crippen molar-refractivity contribution in [3.8, 4) is 17.2 Å². The molecule has 0 saturated heterocycles. The lowest BCUT2D eigenvalue weighted by atomic mass is 9.85. The van der Waals surface area contributed by atoms with Gasteiger partial charge in [-0.2, -0.15) is 0 Å². The van der Waals surface area contributed by atoms with Crippen molar-refractivity contribution < 1.29 is 14.6 Å². The van der Waals surface area contributed by atoms with E-state index in [0.29, 0.717) is 3.70 Å². The van der Waals surface area contributed by atoms with Crippen LogP contribution in [-0.4, -0.2) is 30.1 Å². The summed E-state index contributed by atoms with van der Waals surface area (Å²) in [6.45, 7) is 8.11. The molecule has 1 aliphatic heterocycles. The number of hydrogen-bond acceptors (Lipinski definition) is 4. The summed E-state index contributed by atoms with van der Waals surface area (Å²) in [5, 5.41) is 10.6. The molecule has 0 unspecified atom stereocenters. The summed E-state index contributed by atoms with van der Waals surface area (Å²) >= 11 is 2.02. The lowest BCUT2D eigenvalue weighted by molar-refractivity contribution is -0.143. The molecule has 1 aromatic rings. The SMILES string of the molecule is CC[C@@]1(O)C(=O)COc2c1cc(I)n(CC#C[Si](C)(C)C)c2=O. The molecule has 0 spiro atoms. The smallest absolute Gasteiger partial charge is 0.294 e. The topological polar surface area (TPSA) is 68.5 Å². The van der Waals surface area contributed by atoms with Gasteiger partial charge in [-0.1, -0.05) is 32.5 Å². The zero-order valence-electron chi connectivity index (χ0n) is 13.7. The molecule has 5 nitrogen and oxygen atoms in total. The minimum Gasteiger partial charge on any atom is -0.480 e. The number of hydrogen-bond donors (Lipinski definition) is 1. The van der Waals surface area contributed by atoms with Gasteiger partial charge in [0.15, 0.2) is 18.0 Å². The van der Waals surface area contributed by atoms with Crippen LogP contribution in [0.3, 0.4) is 0 Å². The van der Waals surface area contributed by atoms with Crippen LogP contribution < -0.4 is 10.3 Å². The van der Waals surface area contributed by atoms with Crippen LogP contribution in [0, 0.1) is 15.2 Å². The second-order valence-corrected chi connectivity index (χ2v) is 12.4. The van der Waals surface area contributed by atoms with Crippen LogP contribution in [0.15, 0.2) is 10.9 Å². The van der Waals surface area contributed by atoms with Gasteiger partial charge in [0.1, 0.15) is 8.07 Å². The number of halogens is 1. The zero-order chi connectivity index (χ0) is 17.4. The normalized spacial score (nSPS) is 20.3. The predicted octanol–water partition coefficient (Wildman–Crippen LogP) is 1.89. The second-order valence-electron chi connectivity index (χ2n) is 6.58. The average Bonchev–Trinajstić information content (AvgIpc) is 2.46. The Balaban J connectivity index is 2.53. The highest BCUT2D eigenvalue weighted by Gasteiger charge is 2.43. The van der Waals surface area contributed by atoms with Gasteiger partial charge in [-0.05, 0) is 35.1 Å². The highest BCUT2D eigenvalue weighted by atomic mass is 127. The quantitative estimate of drug-likeness (QED) is 0.327. The summed E-state index contributed by atoms with van der Waals surface area (Å²) in [7, 11) is -1.51. The fourth-order valence-electron chi connectivity index (χ4n) is 2.37. The Morgan fingerprint density at radius 2 is 2.09 bits per heavy atom. The first-order valence-corrected chi connectivity index (χ1v) is 12.0. The Kier molecular flexibility index (Phi) is 5.08. The van der Waals surface area contributed by atoms with E-state index in [2.05, 4.69) is 31.1 Å². The maximum Gasteiger partial charge on any atom is 0.294 e. The minimum absolute atomic E-state index is 0.0594. The first-order chi connectivity index (χ1) is 10.6. The third-order valence-corrected chi connectivity index (χ3v) is 5.49. The number of carbonyl (C=O) groups is 1. The number of pyridine rings is 1. The van der Waals surface area contributed by atoms with E-state index in [1.807, 2.05) is 22.6 Å². The van der Waals surface area contributed by atoms with Gasteiger partial charge in [0.05, 0.1) is 10.2 Å². The molecule has 2 heterocycles. The predicted molar refractivity (Wildman–Crippen MR) is 99.2 cm³/mol. The van der Waals surface area contributed by atoms with Crippen LogP contribution in [0.4, 0.5) is 0 Å². The third-order valence-electron chi connectivity index (χ3n) is 3.67. The first-order valence-electron chi connectivity index (χ1n) is 7.42. The Morgan fingerprint density at radius 3 is 2.65 bits per heavy atom. The van der Waals surface area contributed by atoms with E-state index >= 15 is 0 Å². The van der Waals surface area contributed by atoms with Crippen LogP contribution >= 0.6 is 22.6 Å². The summed E-state index contributed by atoms with van der Waals surface area (Å²) in [4.78, 5) is 24.7. The van der Waals surface area contributed by atoms with Crippen molar-refractivity contribution in [3.63, 3.8) is 0 Å². The van der Waals surface area contributed by atoms with Crippen molar-refractivity contribution in [3.05, 3.63) is 25.7 Å². The Bertz CT molecular complexity index is 769. The molecule has 1 aromatic heterocycles. The number of Topliss-reactive ketones (excluding diaryl/α,β-unsaturated/α-hetero) is 1. The number of nitrogens with zero attached hydrogens (tertiary/aromatic N) is 1. The Hall–Kier alpha value is -1.11. The van der Waals surface area contributed by atoms with Crippen LogP contribution in [0.2, 0.25) is 19.6 Å². The highest BCUT2D eigenvalue weighted by Crippen LogP contribution is 2.35. The highest BCUT2D eigenvalue weighted by molar-refractivity contribution is 14.1. The average molecular weight is 445 g/mol. The van der Waals surface area contributed by atoms with E-state index in [4.69, 9.17) is 4.74 Å². The summed E-state index contributed by atoms with van der Waals surface area (Å²) in [6, 6.07) is 1.65. The number of carbonyl (C=O) groups excluding carboxylic acids is 1. The van der Waals surface area contributed by atoms with Crippen molar-refractivity contribution in [1.29, 1.82) is 0 Å². The van der Waals surface area contributed by atoms with Gasteiger partial charge in [0, 0.05) is 5.56 Å². The summed E-state index contributed by atoms with van der Waals surface area (Å²) in [5.41, 5.74) is 1.49. The molecule has 1 atom stereocenters. The number of aromatic nitrogens is 1. The van der Waals surface area contributed by atoms with Crippen molar-refractivity contribution in [2.45, 2.75) is 45.1 Å². The minimum atomic E-state index is -1.64. The molecule has 2 rings (SSSR count). The molecular formula is C16H20INO4Si. The second kappa shape index (κ2) is 6.41. The fraction of sp³-hybridized carbons (Fsp3) is 0.500. The summed E-state index contributed by atoms with van der Waals surface area (Å²) in [6.07, 6.45) is 0.206. The molecule has 0 saturated carbocycles. The molecule has 1 aliphatic rings. The summed E-state index contributed by atoms with van der Waals surface area (Å²) < 4.78 is 7.46. The standard InChI is InChI=1S/C16H20INO4Si/c1-5-16(21)11-9-13(17)18(7-6-8-23(2,3)4)15(20)14(11)22-10-12(16)19/h9,21H,5,7,10H2,1-4H3/t16-/m0/s1. The van der Waals surface area contributed by atoms with E-state index in [9.17, 15) is 14.7 Å².